The number of carbonyl (C=O) groups excluding carboxylic acids is 1. The van der Waals surface area contributed by atoms with E-state index < -0.39 is 0 Å². The van der Waals surface area contributed by atoms with Crippen LogP contribution in [0.1, 0.15) is 28.9 Å². The van der Waals surface area contributed by atoms with Crippen molar-refractivity contribution >= 4 is 17.2 Å². The Morgan fingerprint density at radius 3 is 2.86 bits per heavy atom. The third-order valence-electron chi connectivity index (χ3n) is 5.02. The fourth-order valence-electron chi connectivity index (χ4n) is 3.49. The number of carbonyl (C=O) groups is 1. The molecule has 28 heavy (non-hydrogen) atoms. The highest BCUT2D eigenvalue weighted by Gasteiger charge is 2.23. The molecule has 1 N–H and O–H groups in total. The van der Waals surface area contributed by atoms with Crippen molar-refractivity contribution in [3.8, 4) is 16.4 Å². The van der Waals surface area contributed by atoms with Crippen LogP contribution in [0, 0.1) is 0 Å². The lowest BCUT2D eigenvalue weighted by molar-refractivity contribution is 0.0899. The van der Waals surface area contributed by atoms with Crippen LogP contribution in [-0.4, -0.2) is 42.2 Å². The van der Waals surface area contributed by atoms with Gasteiger partial charge >= 0.3 is 0 Å². The topological polar surface area (TPSA) is 67.6 Å². The second-order valence-corrected chi connectivity index (χ2v) is 7.84. The Bertz CT molecular complexity index is 915. The lowest BCUT2D eigenvalue weighted by atomic mass is 10.0. The van der Waals surface area contributed by atoms with Gasteiger partial charge in [-0.3, -0.25) is 9.69 Å². The predicted octanol–water partition coefficient (Wildman–Crippen LogP) is 3.81. The number of likely N-dealkylation sites (tertiary alicyclic amines) is 1. The van der Waals surface area contributed by atoms with Crippen molar-refractivity contribution in [3.05, 3.63) is 59.1 Å². The lowest BCUT2D eigenvalue weighted by Gasteiger charge is -2.32. The molecule has 0 spiro atoms. The van der Waals surface area contributed by atoms with Crippen molar-refractivity contribution in [1.29, 1.82) is 0 Å². The third kappa shape index (κ3) is 4.26. The zero-order valence-electron chi connectivity index (χ0n) is 15.8. The van der Waals surface area contributed by atoms with Gasteiger partial charge in [-0.15, -0.1) is 11.3 Å². The van der Waals surface area contributed by atoms with Crippen LogP contribution in [0.2, 0.25) is 0 Å². The third-order valence-corrected chi connectivity index (χ3v) is 5.90. The van der Waals surface area contributed by atoms with E-state index in [4.69, 9.17) is 9.26 Å². The molecule has 0 saturated carbocycles. The van der Waals surface area contributed by atoms with E-state index in [9.17, 15) is 4.79 Å². The number of nitrogens with zero attached hydrogens (tertiary/aromatic N) is 2. The summed E-state index contributed by atoms with van der Waals surface area (Å²) >= 11 is 1.56. The summed E-state index contributed by atoms with van der Waals surface area (Å²) in [5.74, 6) is 1.38. The Hall–Kier alpha value is -2.64. The van der Waals surface area contributed by atoms with Gasteiger partial charge in [0.05, 0.1) is 12.0 Å². The molecule has 2 aromatic heterocycles. The fourth-order valence-corrected chi connectivity index (χ4v) is 4.16. The highest BCUT2D eigenvalue weighted by Crippen LogP contribution is 2.25. The summed E-state index contributed by atoms with van der Waals surface area (Å²) in [6, 6.07) is 13.9. The Labute approximate surface area is 168 Å². The molecule has 1 saturated heterocycles. The summed E-state index contributed by atoms with van der Waals surface area (Å²) in [6.07, 6.45) is 1.83. The number of hydrogen-bond donors (Lipinski definition) is 1. The van der Waals surface area contributed by atoms with Crippen molar-refractivity contribution in [3.63, 3.8) is 0 Å². The monoisotopic (exact) mass is 397 g/mol. The van der Waals surface area contributed by atoms with Crippen LogP contribution in [0.15, 0.2) is 52.4 Å². The van der Waals surface area contributed by atoms with Crippen molar-refractivity contribution in [1.82, 2.24) is 15.4 Å². The molecule has 4 rings (SSSR count). The van der Waals surface area contributed by atoms with Gasteiger partial charge < -0.3 is 14.6 Å². The number of thiophene rings is 1. The number of aromatic nitrogens is 1. The van der Waals surface area contributed by atoms with Gasteiger partial charge in [-0.2, -0.15) is 0 Å². The zero-order chi connectivity index (χ0) is 19.3. The van der Waals surface area contributed by atoms with Gasteiger partial charge in [-0.25, -0.2) is 0 Å². The molecule has 3 aromatic rings. The molecular formula is C21H23N3O3S. The van der Waals surface area contributed by atoms with Crippen molar-refractivity contribution < 1.29 is 14.1 Å². The summed E-state index contributed by atoms with van der Waals surface area (Å²) in [7, 11) is 1.70. The molecule has 146 valence electrons. The van der Waals surface area contributed by atoms with Crippen molar-refractivity contribution in [2.45, 2.75) is 25.4 Å². The first-order chi connectivity index (χ1) is 13.7. The van der Waals surface area contributed by atoms with Gasteiger partial charge in [0.25, 0.3) is 5.91 Å². The van der Waals surface area contributed by atoms with E-state index in [1.165, 1.54) is 5.56 Å². The van der Waals surface area contributed by atoms with Gasteiger partial charge in [-0.1, -0.05) is 29.4 Å². The Morgan fingerprint density at radius 1 is 1.29 bits per heavy atom. The van der Waals surface area contributed by atoms with Gasteiger partial charge in [-0.05, 0) is 30.4 Å². The number of para-hydroxylation sites is 1. The maximum absolute atomic E-state index is 12.5. The Balaban J connectivity index is 1.29. The van der Waals surface area contributed by atoms with Crippen molar-refractivity contribution in [2.75, 3.05) is 20.2 Å². The molecule has 0 atom stereocenters. The zero-order valence-corrected chi connectivity index (χ0v) is 16.6. The highest BCUT2D eigenvalue weighted by molar-refractivity contribution is 7.13. The van der Waals surface area contributed by atoms with E-state index in [-0.39, 0.29) is 11.9 Å². The van der Waals surface area contributed by atoms with E-state index >= 15 is 0 Å². The molecule has 1 amide bonds. The largest absolute Gasteiger partial charge is 0.496 e. The number of rotatable bonds is 6. The van der Waals surface area contributed by atoms with Crippen LogP contribution < -0.4 is 10.1 Å². The van der Waals surface area contributed by atoms with Gasteiger partial charge in [0.1, 0.15) is 5.75 Å². The highest BCUT2D eigenvalue weighted by atomic mass is 32.1. The van der Waals surface area contributed by atoms with Crippen LogP contribution in [0.25, 0.3) is 10.6 Å². The molecule has 0 aliphatic carbocycles. The smallest absolute Gasteiger partial charge is 0.273 e. The quantitative estimate of drug-likeness (QED) is 0.685. The molecule has 0 radical (unpaired) electrons. The summed E-state index contributed by atoms with van der Waals surface area (Å²) in [5, 5.41) is 8.98. The number of benzene rings is 1. The van der Waals surface area contributed by atoms with Crippen LogP contribution >= 0.6 is 11.3 Å². The van der Waals surface area contributed by atoms with Crippen LogP contribution in [0.4, 0.5) is 0 Å². The molecule has 1 fully saturated rings. The normalized spacial score (nSPS) is 15.5. The summed E-state index contributed by atoms with van der Waals surface area (Å²) in [5.41, 5.74) is 1.52. The molecule has 1 aliphatic rings. The lowest BCUT2D eigenvalue weighted by Crippen LogP contribution is -2.44. The maximum Gasteiger partial charge on any atom is 0.273 e. The number of ether oxygens (including phenoxy) is 1. The summed E-state index contributed by atoms with van der Waals surface area (Å²) in [6.45, 7) is 2.72. The first-order valence-corrected chi connectivity index (χ1v) is 10.3. The SMILES string of the molecule is COc1ccccc1CN1CCC(NC(=O)c2cc(-c3cccs3)on2)CC1. The van der Waals surface area contributed by atoms with E-state index in [2.05, 4.69) is 21.4 Å². The van der Waals surface area contributed by atoms with Crippen LogP contribution in [0.3, 0.4) is 0 Å². The van der Waals surface area contributed by atoms with Crippen LogP contribution in [-0.2, 0) is 6.54 Å². The predicted molar refractivity (Wildman–Crippen MR) is 109 cm³/mol. The second-order valence-electron chi connectivity index (χ2n) is 6.89. The fraction of sp³-hybridized carbons (Fsp3) is 0.333. The molecular weight excluding hydrogens is 374 g/mol. The van der Waals surface area contributed by atoms with E-state index in [0.29, 0.717) is 11.5 Å². The average Bonchev–Trinajstić information content (AvgIpc) is 3.42. The molecule has 3 heterocycles. The molecule has 0 unspecified atom stereocenters. The second kappa shape index (κ2) is 8.58. The maximum atomic E-state index is 12.5. The number of amides is 1. The minimum atomic E-state index is -0.172. The summed E-state index contributed by atoms with van der Waals surface area (Å²) in [4.78, 5) is 15.9. The van der Waals surface area contributed by atoms with Gasteiger partial charge in [0.15, 0.2) is 11.5 Å². The first kappa shape index (κ1) is 18.7. The molecule has 6 nitrogen and oxygen atoms in total. The molecule has 7 heteroatoms. The first-order valence-electron chi connectivity index (χ1n) is 9.38. The number of methoxy groups -OCH3 is 1. The molecule has 1 aliphatic heterocycles. The average molecular weight is 398 g/mol. The number of piperidine rings is 1. The van der Waals surface area contributed by atoms with E-state index in [0.717, 1.165) is 43.1 Å². The molecule has 1 aromatic carbocycles. The standard InChI is InChI=1S/C21H23N3O3S/c1-26-18-6-3-2-5-15(18)14-24-10-8-16(9-11-24)22-21(25)17-13-19(27-23-17)20-7-4-12-28-20/h2-7,12-13,16H,8-11,14H2,1H3,(H,22,25). The molecule has 0 bridgehead atoms. The minimum absolute atomic E-state index is 0.156. The van der Waals surface area contributed by atoms with E-state index in [1.54, 1.807) is 24.5 Å². The van der Waals surface area contributed by atoms with Crippen LogP contribution in [0.5, 0.6) is 5.75 Å². The summed E-state index contributed by atoms with van der Waals surface area (Å²) < 4.78 is 10.7. The van der Waals surface area contributed by atoms with Crippen molar-refractivity contribution in [2.24, 2.45) is 0 Å². The number of hydrogen-bond acceptors (Lipinski definition) is 6. The Kier molecular flexibility index (Phi) is 5.73. The van der Waals surface area contributed by atoms with Gasteiger partial charge in [0, 0.05) is 37.3 Å². The minimum Gasteiger partial charge on any atom is -0.496 e. The number of nitrogens with one attached hydrogen (secondary N) is 1. The Morgan fingerprint density at radius 2 is 2.11 bits per heavy atom. The van der Waals surface area contributed by atoms with E-state index in [1.807, 2.05) is 35.7 Å². The van der Waals surface area contributed by atoms with Gasteiger partial charge in [0.2, 0.25) is 0 Å².